The number of aryl methyl sites for hydroxylation is 1. The van der Waals surface area contributed by atoms with Gasteiger partial charge < -0.3 is 0 Å². The minimum absolute atomic E-state index is 0.0356. The Morgan fingerprint density at radius 3 is 2.19 bits per heavy atom. The summed E-state index contributed by atoms with van der Waals surface area (Å²) in [5.74, 6) is 0.318. The maximum atomic E-state index is 12.7. The van der Waals surface area contributed by atoms with Crippen LogP contribution in [0.25, 0.3) is 0 Å². The van der Waals surface area contributed by atoms with Gasteiger partial charge in [0.1, 0.15) is 5.78 Å². The first kappa shape index (κ1) is 20.3. The van der Waals surface area contributed by atoms with E-state index in [2.05, 4.69) is 4.72 Å². The molecule has 0 bridgehead atoms. The summed E-state index contributed by atoms with van der Waals surface area (Å²) in [6, 6.07) is 15.8. The first-order valence-electron chi connectivity index (χ1n) is 8.91. The highest BCUT2D eigenvalue weighted by atomic mass is 32.2. The number of sulfonamides is 1. The second kappa shape index (κ2) is 9.10. The molecule has 0 aliphatic rings. The van der Waals surface area contributed by atoms with Gasteiger partial charge in [0.2, 0.25) is 10.0 Å². The molecule has 5 heteroatoms. The predicted molar refractivity (Wildman–Crippen MR) is 105 cm³/mol. The fourth-order valence-electron chi connectivity index (χ4n) is 2.92. The van der Waals surface area contributed by atoms with Crippen molar-refractivity contribution in [1.29, 1.82) is 0 Å². The van der Waals surface area contributed by atoms with Crippen LogP contribution in [0.3, 0.4) is 0 Å². The Morgan fingerprint density at radius 2 is 1.62 bits per heavy atom. The van der Waals surface area contributed by atoms with E-state index in [-0.39, 0.29) is 23.0 Å². The number of carbonyl (C=O) groups excluding carboxylic acids is 1. The van der Waals surface area contributed by atoms with Crippen LogP contribution in [0.5, 0.6) is 0 Å². The van der Waals surface area contributed by atoms with Crippen LogP contribution in [-0.4, -0.2) is 20.2 Å². The van der Waals surface area contributed by atoms with Gasteiger partial charge in [-0.2, -0.15) is 0 Å². The molecule has 0 saturated carbocycles. The van der Waals surface area contributed by atoms with Crippen molar-refractivity contribution in [3.05, 3.63) is 65.7 Å². The highest BCUT2D eigenvalue weighted by Crippen LogP contribution is 2.16. The second-order valence-corrected chi connectivity index (χ2v) is 8.88. The Morgan fingerprint density at radius 1 is 1.00 bits per heavy atom. The van der Waals surface area contributed by atoms with Crippen LogP contribution >= 0.6 is 0 Å². The van der Waals surface area contributed by atoms with Crippen molar-refractivity contribution in [1.82, 2.24) is 4.72 Å². The summed E-state index contributed by atoms with van der Waals surface area (Å²) < 4.78 is 28.0. The molecule has 0 heterocycles. The molecule has 26 heavy (non-hydrogen) atoms. The average Bonchev–Trinajstić information content (AvgIpc) is 2.55. The summed E-state index contributed by atoms with van der Waals surface area (Å²) >= 11 is 0. The van der Waals surface area contributed by atoms with Crippen LogP contribution in [-0.2, 0) is 21.2 Å². The van der Waals surface area contributed by atoms with E-state index in [4.69, 9.17) is 0 Å². The lowest BCUT2D eigenvalue weighted by atomic mass is 9.97. The number of carbonyl (C=O) groups is 1. The number of rotatable bonds is 9. The average molecular weight is 374 g/mol. The summed E-state index contributed by atoms with van der Waals surface area (Å²) in [6.45, 7) is 5.96. The lowest BCUT2D eigenvalue weighted by Gasteiger charge is -2.20. The van der Waals surface area contributed by atoms with Gasteiger partial charge in [-0.1, -0.05) is 61.9 Å². The van der Waals surface area contributed by atoms with Gasteiger partial charge in [0, 0.05) is 18.9 Å². The zero-order chi connectivity index (χ0) is 19.2. The van der Waals surface area contributed by atoms with Crippen LogP contribution in [0.4, 0.5) is 0 Å². The largest absolute Gasteiger partial charge is 0.299 e. The fourth-order valence-corrected chi connectivity index (χ4v) is 4.17. The molecule has 0 unspecified atom stereocenters. The Kier molecular flexibility index (Phi) is 7.12. The van der Waals surface area contributed by atoms with E-state index in [0.717, 1.165) is 11.1 Å². The van der Waals surface area contributed by atoms with Gasteiger partial charge in [-0.15, -0.1) is 0 Å². The summed E-state index contributed by atoms with van der Waals surface area (Å²) in [7, 11) is -3.64. The monoisotopic (exact) mass is 373 g/mol. The molecular formula is C21H27NO3S. The molecule has 2 rings (SSSR count). The SMILES string of the molecule is Cc1ccc(S(=O)(=O)N[C@H](CC(=O)Cc2ccccc2)CC(C)C)cc1. The minimum Gasteiger partial charge on any atom is -0.299 e. The molecule has 2 aromatic carbocycles. The zero-order valence-corrected chi connectivity index (χ0v) is 16.4. The van der Waals surface area contributed by atoms with Crippen molar-refractivity contribution in [2.45, 2.75) is 51.0 Å². The summed E-state index contributed by atoms with van der Waals surface area (Å²) in [6.07, 6.45) is 1.13. The van der Waals surface area contributed by atoms with Crippen LogP contribution in [0.15, 0.2) is 59.5 Å². The minimum atomic E-state index is -3.64. The molecule has 2 aromatic rings. The van der Waals surface area contributed by atoms with E-state index in [1.165, 1.54) is 0 Å². The van der Waals surface area contributed by atoms with E-state index in [9.17, 15) is 13.2 Å². The normalized spacial score (nSPS) is 12.9. The third-order valence-corrected chi connectivity index (χ3v) is 5.66. The molecule has 1 N–H and O–H groups in total. The van der Waals surface area contributed by atoms with Gasteiger partial charge >= 0.3 is 0 Å². The van der Waals surface area contributed by atoms with Crippen molar-refractivity contribution in [2.75, 3.05) is 0 Å². The molecule has 0 aliphatic heterocycles. The molecule has 0 aliphatic carbocycles. The lowest BCUT2D eigenvalue weighted by molar-refractivity contribution is -0.118. The Balaban J connectivity index is 2.08. The van der Waals surface area contributed by atoms with Crippen molar-refractivity contribution in [3.63, 3.8) is 0 Å². The van der Waals surface area contributed by atoms with Gasteiger partial charge in [-0.3, -0.25) is 4.79 Å². The third-order valence-electron chi connectivity index (χ3n) is 4.13. The highest BCUT2D eigenvalue weighted by molar-refractivity contribution is 7.89. The maximum Gasteiger partial charge on any atom is 0.240 e. The summed E-state index contributed by atoms with van der Waals surface area (Å²) in [5, 5.41) is 0. The predicted octanol–water partition coefficient (Wildman–Crippen LogP) is 3.89. The number of hydrogen-bond donors (Lipinski definition) is 1. The van der Waals surface area contributed by atoms with E-state index >= 15 is 0 Å². The molecule has 0 radical (unpaired) electrons. The number of hydrogen-bond acceptors (Lipinski definition) is 3. The zero-order valence-electron chi connectivity index (χ0n) is 15.6. The first-order chi connectivity index (χ1) is 12.3. The number of nitrogens with one attached hydrogen (secondary N) is 1. The van der Waals surface area contributed by atoms with E-state index < -0.39 is 16.1 Å². The Labute approximate surface area is 156 Å². The Hall–Kier alpha value is -1.98. The Bertz CT molecular complexity index is 812. The number of ketones is 1. The second-order valence-electron chi connectivity index (χ2n) is 7.17. The summed E-state index contributed by atoms with van der Waals surface area (Å²) in [5.41, 5.74) is 1.95. The van der Waals surface area contributed by atoms with E-state index in [1.807, 2.05) is 51.1 Å². The molecule has 1 atom stereocenters. The molecule has 0 amide bonds. The van der Waals surface area contributed by atoms with Crippen LogP contribution < -0.4 is 4.72 Å². The van der Waals surface area contributed by atoms with Crippen LogP contribution in [0.2, 0.25) is 0 Å². The molecule has 140 valence electrons. The molecule has 0 spiro atoms. The van der Waals surface area contributed by atoms with Crippen molar-refractivity contribution < 1.29 is 13.2 Å². The molecule has 0 fully saturated rings. The fraction of sp³-hybridized carbons (Fsp3) is 0.381. The molecule has 4 nitrogen and oxygen atoms in total. The maximum absolute atomic E-state index is 12.7. The van der Waals surface area contributed by atoms with Gasteiger partial charge in [-0.25, -0.2) is 13.1 Å². The van der Waals surface area contributed by atoms with Gasteiger partial charge in [-0.05, 0) is 37.0 Å². The van der Waals surface area contributed by atoms with Crippen LogP contribution in [0.1, 0.15) is 37.8 Å². The first-order valence-corrected chi connectivity index (χ1v) is 10.4. The van der Waals surface area contributed by atoms with Crippen molar-refractivity contribution in [2.24, 2.45) is 5.92 Å². The standard InChI is InChI=1S/C21H27NO3S/c1-16(2)13-19(15-20(23)14-18-7-5-4-6-8-18)22-26(24,25)21-11-9-17(3)10-12-21/h4-12,16,19,22H,13-15H2,1-3H3/t19-/m0/s1. The summed E-state index contributed by atoms with van der Waals surface area (Å²) in [4.78, 5) is 12.7. The number of Topliss-reactive ketones (excluding diaryl/α,β-unsaturated/α-hetero) is 1. The van der Waals surface area contributed by atoms with E-state index in [1.54, 1.807) is 24.3 Å². The molecule has 0 saturated heterocycles. The quantitative estimate of drug-likeness (QED) is 0.725. The number of benzene rings is 2. The van der Waals surface area contributed by atoms with E-state index in [0.29, 0.717) is 12.8 Å². The molecule has 0 aromatic heterocycles. The van der Waals surface area contributed by atoms with Crippen molar-refractivity contribution in [3.8, 4) is 0 Å². The van der Waals surface area contributed by atoms with Crippen LogP contribution in [0, 0.1) is 12.8 Å². The lowest BCUT2D eigenvalue weighted by Crippen LogP contribution is -2.37. The smallest absolute Gasteiger partial charge is 0.240 e. The molecular weight excluding hydrogens is 346 g/mol. The highest BCUT2D eigenvalue weighted by Gasteiger charge is 2.23. The third kappa shape index (κ3) is 6.39. The topological polar surface area (TPSA) is 63.2 Å². The van der Waals surface area contributed by atoms with Gasteiger partial charge in [0.15, 0.2) is 0 Å². The van der Waals surface area contributed by atoms with Gasteiger partial charge in [0.25, 0.3) is 0 Å². The van der Waals surface area contributed by atoms with Gasteiger partial charge in [0.05, 0.1) is 4.90 Å². The van der Waals surface area contributed by atoms with Crippen molar-refractivity contribution >= 4 is 15.8 Å².